The highest BCUT2D eigenvalue weighted by atomic mass is 16.5. The third kappa shape index (κ3) is 5.53. The summed E-state index contributed by atoms with van der Waals surface area (Å²) in [7, 11) is 1.65. The molecule has 4 aromatic rings. The monoisotopic (exact) mass is 454 g/mol. The van der Waals surface area contributed by atoms with E-state index >= 15 is 0 Å². The number of nitrogens with two attached hydrogens (primary N) is 1. The predicted octanol–water partition coefficient (Wildman–Crippen LogP) is 4.87. The van der Waals surface area contributed by atoms with E-state index in [4.69, 9.17) is 15.5 Å². The third-order valence-corrected chi connectivity index (χ3v) is 5.74. The standard InChI is InChI=1S/C28H30N4O2/c1-19-4-6-21(7-5-19)16-30-28(33)24-10-8-22(9-11-24)17-32-18-26(31-27(32)20(2)29)23-12-14-25(34-3)15-13-23/h4-15,18,20H,16-17,29H2,1-3H3,(H,30,33). The Balaban J connectivity index is 1.45. The highest BCUT2D eigenvalue weighted by Crippen LogP contribution is 2.24. The maximum atomic E-state index is 12.6. The van der Waals surface area contributed by atoms with Crippen LogP contribution in [0.2, 0.25) is 0 Å². The van der Waals surface area contributed by atoms with Crippen LogP contribution in [0.1, 0.15) is 45.8 Å². The summed E-state index contributed by atoms with van der Waals surface area (Å²) in [5.74, 6) is 1.53. The molecule has 3 N–H and O–H groups in total. The fraction of sp³-hybridized carbons (Fsp3) is 0.214. The van der Waals surface area contributed by atoms with Gasteiger partial charge in [0, 0.05) is 30.4 Å². The lowest BCUT2D eigenvalue weighted by atomic mass is 10.1. The average Bonchev–Trinajstić information content (AvgIpc) is 3.28. The van der Waals surface area contributed by atoms with Gasteiger partial charge in [0.2, 0.25) is 0 Å². The molecule has 4 rings (SSSR count). The van der Waals surface area contributed by atoms with E-state index in [0.717, 1.165) is 34.0 Å². The van der Waals surface area contributed by atoms with E-state index in [1.54, 1.807) is 7.11 Å². The number of aromatic nitrogens is 2. The predicted molar refractivity (Wildman–Crippen MR) is 135 cm³/mol. The Hall–Kier alpha value is -3.90. The summed E-state index contributed by atoms with van der Waals surface area (Å²) in [6, 6.07) is 23.4. The van der Waals surface area contributed by atoms with Crippen LogP contribution in [0.25, 0.3) is 11.3 Å². The van der Waals surface area contributed by atoms with Gasteiger partial charge in [-0.15, -0.1) is 0 Å². The Bertz CT molecular complexity index is 1240. The van der Waals surface area contributed by atoms with Crippen LogP contribution in [-0.4, -0.2) is 22.6 Å². The van der Waals surface area contributed by atoms with Gasteiger partial charge in [0.05, 0.1) is 18.8 Å². The highest BCUT2D eigenvalue weighted by Gasteiger charge is 2.14. The molecule has 3 aromatic carbocycles. The first-order chi connectivity index (χ1) is 16.4. The zero-order valence-electron chi connectivity index (χ0n) is 19.8. The summed E-state index contributed by atoms with van der Waals surface area (Å²) in [5.41, 5.74) is 12.0. The van der Waals surface area contributed by atoms with E-state index in [1.807, 2.05) is 92.8 Å². The first-order valence-corrected chi connectivity index (χ1v) is 11.3. The van der Waals surface area contributed by atoms with E-state index in [9.17, 15) is 4.79 Å². The Labute approximate surface area is 200 Å². The van der Waals surface area contributed by atoms with Crippen LogP contribution < -0.4 is 15.8 Å². The number of benzene rings is 3. The molecule has 6 nitrogen and oxygen atoms in total. The zero-order chi connectivity index (χ0) is 24.1. The summed E-state index contributed by atoms with van der Waals surface area (Å²) in [6.45, 7) is 5.09. The number of aryl methyl sites for hydroxylation is 1. The number of carbonyl (C=O) groups excluding carboxylic acids is 1. The van der Waals surface area contributed by atoms with Gasteiger partial charge in [0.1, 0.15) is 11.6 Å². The number of ether oxygens (including phenoxy) is 1. The fourth-order valence-corrected chi connectivity index (χ4v) is 3.77. The van der Waals surface area contributed by atoms with Crippen molar-refractivity contribution in [2.45, 2.75) is 33.0 Å². The Morgan fingerprint density at radius 1 is 1.00 bits per heavy atom. The lowest BCUT2D eigenvalue weighted by Crippen LogP contribution is -2.22. The van der Waals surface area contributed by atoms with Gasteiger partial charge in [-0.2, -0.15) is 0 Å². The molecule has 0 bridgehead atoms. The normalized spacial score (nSPS) is 11.8. The number of imidazole rings is 1. The molecule has 0 aliphatic heterocycles. The molecular formula is C28H30N4O2. The molecule has 0 radical (unpaired) electrons. The second kappa shape index (κ2) is 10.4. The lowest BCUT2D eigenvalue weighted by molar-refractivity contribution is 0.0951. The van der Waals surface area contributed by atoms with Gasteiger partial charge in [0.25, 0.3) is 5.91 Å². The zero-order valence-corrected chi connectivity index (χ0v) is 19.8. The quantitative estimate of drug-likeness (QED) is 0.398. The van der Waals surface area contributed by atoms with Crippen LogP contribution in [0.3, 0.4) is 0 Å². The minimum absolute atomic E-state index is 0.0900. The van der Waals surface area contributed by atoms with Crippen molar-refractivity contribution in [3.05, 3.63) is 107 Å². The van der Waals surface area contributed by atoms with Gasteiger partial charge >= 0.3 is 0 Å². The van der Waals surface area contributed by atoms with E-state index in [-0.39, 0.29) is 11.9 Å². The van der Waals surface area contributed by atoms with E-state index < -0.39 is 0 Å². The van der Waals surface area contributed by atoms with Gasteiger partial charge in [0.15, 0.2) is 0 Å². The molecule has 1 amide bonds. The minimum Gasteiger partial charge on any atom is -0.497 e. The smallest absolute Gasteiger partial charge is 0.251 e. The molecular weight excluding hydrogens is 424 g/mol. The summed E-state index contributed by atoms with van der Waals surface area (Å²) in [6.07, 6.45) is 2.02. The van der Waals surface area contributed by atoms with E-state index in [2.05, 4.69) is 9.88 Å². The van der Waals surface area contributed by atoms with E-state index in [1.165, 1.54) is 5.56 Å². The first-order valence-electron chi connectivity index (χ1n) is 11.3. The van der Waals surface area contributed by atoms with Crippen LogP contribution in [0.4, 0.5) is 0 Å². The summed E-state index contributed by atoms with van der Waals surface area (Å²) in [5, 5.41) is 2.98. The fourth-order valence-electron chi connectivity index (χ4n) is 3.77. The number of methoxy groups -OCH3 is 1. The number of amides is 1. The molecule has 174 valence electrons. The van der Waals surface area contributed by atoms with Crippen LogP contribution in [-0.2, 0) is 13.1 Å². The molecule has 0 fully saturated rings. The second-order valence-corrected chi connectivity index (χ2v) is 8.49. The SMILES string of the molecule is COc1ccc(-c2cn(Cc3ccc(C(=O)NCc4ccc(C)cc4)cc3)c(C(C)N)n2)cc1. The molecule has 0 saturated heterocycles. The van der Waals surface area contributed by atoms with Gasteiger partial charge in [-0.05, 0) is 61.4 Å². The van der Waals surface area contributed by atoms with Crippen molar-refractivity contribution in [3.63, 3.8) is 0 Å². The second-order valence-electron chi connectivity index (χ2n) is 8.49. The molecule has 6 heteroatoms. The van der Waals surface area contributed by atoms with Crippen molar-refractivity contribution in [3.8, 4) is 17.0 Å². The number of rotatable bonds is 8. The minimum atomic E-state index is -0.209. The van der Waals surface area contributed by atoms with Crippen molar-refractivity contribution in [2.75, 3.05) is 7.11 Å². The molecule has 0 spiro atoms. The van der Waals surface area contributed by atoms with E-state index in [0.29, 0.717) is 18.7 Å². The average molecular weight is 455 g/mol. The summed E-state index contributed by atoms with van der Waals surface area (Å²) in [4.78, 5) is 17.3. The van der Waals surface area contributed by atoms with Gasteiger partial charge in [-0.25, -0.2) is 4.98 Å². The van der Waals surface area contributed by atoms with Gasteiger partial charge < -0.3 is 20.4 Å². The van der Waals surface area contributed by atoms with Crippen LogP contribution in [0.15, 0.2) is 79.0 Å². The maximum absolute atomic E-state index is 12.6. The van der Waals surface area contributed by atoms with Crippen molar-refractivity contribution in [2.24, 2.45) is 5.73 Å². The largest absolute Gasteiger partial charge is 0.497 e. The first kappa shape index (κ1) is 23.3. The van der Waals surface area contributed by atoms with Crippen LogP contribution >= 0.6 is 0 Å². The number of carbonyl (C=O) groups is 1. The highest BCUT2D eigenvalue weighted by molar-refractivity contribution is 5.94. The molecule has 0 aliphatic rings. The van der Waals surface area contributed by atoms with Crippen LogP contribution in [0, 0.1) is 6.92 Å². The number of hydrogen-bond donors (Lipinski definition) is 2. The molecule has 34 heavy (non-hydrogen) atoms. The molecule has 0 saturated carbocycles. The molecule has 1 atom stereocenters. The van der Waals surface area contributed by atoms with Crippen molar-refractivity contribution < 1.29 is 9.53 Å². The lowest BCUT2D eigenvalue weighted by Gasteiger charge is -2.11. The van der Waals surface area contributed by atoms with Crippen molar-refractivity contribution in [1.82, 2.24) is 14.9 Å². The maximum Gasteiger partial charge on any atom is 0.251 e. The van der Waals surface area contributed by atoms with Crippen molar-refractivity contribution in [1.29, 1.82) is 0 Å². The van der Waals surface area contributed by atoms with Crippen molar-refractivity contribution >= 4 is 5.91 Å². The number of nitrogens with zero attached hydrogens (tertiary/aromatic N) is 2. The van der Waals surface area contributed by atoms with Gasteiger partial charge in [-0.1, -0.05) is 42.0 Å². The third-order valence-electron chi connectivity index (χ3n) is 5.74. The molecule has 1 heterocycles. The Kier molecular flexibility index (Phi) is 7.09. The number of nitrogens with one attached hydrogen (secondary N) is 1. The molecule has 1 aromatic heterocycles. The molecule has 1 unspecified atom stereocenters. The van der Waals surface area contributed by atoms with Gasteiger partial charge in [-0.3, -0.25) is 4.79 Å². The molecule has 0 aliphatic carbocycles. The topological polar surface area (TPSA) is 82.2 Å². The summed E-state index contributed by atoms with van der Waals surface area (Å²) < 4.78 is 7.31. The van der Waals surface area contributed by atoms with Crippen LogP contribution in [0.5, 0.6) is 5.75 Å². The summed E-state index contributed by atoms with van der Waals surface area (Å²) >= 11 is 0. The Morgan fingerprint density at radius 3 is 2.26 bits per heavy atom. The Morgan fingerprint density at radius 2 is 1.65 bits per heavy atom. The number of hydrogen-bond acceptors (Lipinski definition) is 4.